The molecule has 3 heterocycles. The summed E-state index contributed by atoms with van der Waals surface area (Å²) in [7, 11) is 1.50. The Morgan fingerprint density at radius 1 is 1.03 bits per heavy atom. The molecule has 30 heavy (non-hydrogen) atoms. The van der Waals surface area contributed by atoms with E-state index in [0.717, 1.165) is 16.9 Å². The lowest BCUT2D eigenvalue weighted by Gasteiger charge is -2.31. The van der Waals surface area contributed by atoms with E-state index in [9.17, 15) is 22.8 Å². The van der Waals surface area contributed by atoms with Gasteiger partial charge in [-0.25, -0.2) is 9.67 Å². The molecule has 7 nitrogen and oxygen atoms in total. The average molecular weight is 418 g/mol. The number of aromatic nitrogens is 3. The maximum absolute atomic E-state index is 13.1. The van der Waals surface area contributed by atoms with Crippen LogP contribution in [-0.4, -0.2) is 46.8 Å². The van der Waals surface area contributed by atoms with E-state index in [0.29, 0.717) is 42.8 Å². The summed E-state index contributed by atoms with van der Waals surface area (Å²) in [6.07, 6.45) is -3.46. The molecule has 1 aliphatic rings. The summed E-state index contributed by atoms with van der Waals surface area (Å²) in [4.78, 5) is 31.5. The topological polar surface area (TPSA) is 72.6 Å². The van der Waals surface area contributed by atoms with Crippen LogP contribution in [0.1, 0.15) is 16.1 Å². The fraction of sp³-hybridized carbons (Fsp3) is 0.300. The second kappa shape index (κ2) is 7.43. The van der Waals surface area contributed by atoms with Crippen LogP contribution >= 0.6 is 0 Å². The number of carbonyl (C=O) groups excluding carboxylic acids is 1. The van der Waals surface area contributed by atoms with Gasteiger partial charge in [0.05, 0.1) is 24.0 Å². The van der Waals surface area contributed by atoms with Crippen molar-refractivity contribution < 1.29 is 22.9 Å². The number of fused-ring (bicyclic) bond motifs is 1. The average Bonchev–Trinajstić information content (AvgIpc) is 2.75. The van der Waals surface area contributed by atoms with Gasteiger partial charge in [0.2, 0.25) is 0 Å². The highest BCUT2D eigenvalue weighted by molar-refractivity contribution is 6.04. The van der Waals surface area contributed by atoms with Crippen molar-refractivity contribution in [2.24, 2.45) is 7.05 Å². The number of alkyl halides is 3. The molecule has 0 unspecified atom stereocenters. The number of halogens is 3. The number of anilines is 1. The molecule has 2 aromatic heterocycles. The predicted octanol–water partition coefficient (Wildman–Crippen LogP) is 1.73. The second-order valence-electron chi connectivity index (χ2n) is 7.06. The van der Waals surface area contributed by atoms with Crippen molar-refractivity contribution in [1.29, 1.82) is 0 Å². The zero-order chi connectivity index (χ0) is 21.5. The van der Waals surface area contributed by atoms with Crippen molar-refractivity contribution in [3.05, 3.63) is 64.2 Å². The van der Waals surface area contributed by atoms with Crippen LogP contribution in [0.3, 0.4) is 0 Å². The number of aryl methyl sites for hydroxylation is 1. The summed E-state index contributed by atoms with van der Waals surface area (Å²) in [5, 5.41) is 5.10. The Morgan fingerprint density at radius 2 is 1.70 bits per heavy atom. The van der Waals surface area contributed by atoms with Crippen LogP contribution in [0, 0.1) is 0 Å². The largest absolute Gasteiger partial charge is 0.419 e. The van der Waals surface area contributed by atoms with Crippen LogP contribution in [0.4, 0.5) is 19.0 Å². The van der Waals surface area contributed by atoms with Crippen LogP contribution in [0.15, 0.2) is 47.4 Å². The Hall–Kier alpha value is -3.43. The lowest BCUT2D eigenvalue weighted by atomic mass is 10.1. The molecule has 1 amide bonds. The van der Waals surface area contributed by atoms with E-state index in [2.05, 4.69) is 10.1 Å². The molecule has 1 N–H and O–H groups in total. The van der Waals surface area contributed by atoms with Crippen molar-refractivity contribution in [3.63, 3.8) is 0 Å². The maximum atomic E-state index is 13.1. The molecule has 0 atom stereocenters. The molecule has 0 aliphatic carbocycles. The lowest BCUT2D eigenvalue weighted by Crippen LogP contribution is -2.50. The van der Waals surface area contributed by atoms with Crippen LogP contribution in [0.5, 0.6) is 0 Å². The molecule has 0 radical (unpaired) electrons. The molecule has 4 rings (SSSR count). The van der Waals surface area contributed by atoms with Crippen LogP contribution in [0.2, 0.25) is 0 Å². The third kappa shape index (κ3) is 3.60. The second-order valence-corrected chi connectivity index (χ2v) is 7.06. The number of benzene rings is 1. The number of pyridine rings is 1. The summed E-state index contributed by atoms with van der Waals surface area (Å²) in [5.41, 5.74) is -0.806. The minimum absolute atomic E-state index is 0.210. The van der Waals surface area contributed by atoms with Gasteiger partial charge in [-0.15, -0.1) is 0 Å². The van der Waals surface area contributed by atoms with Crippen LogP contribution < -0.4 is 15.4 Å². The number of carbonyl (C=O) groups is 1. The summed E-state index contributed by atoms with van der Waals surface area (Å²) >= 11 is 0. The first-order chi connectivity index (χ1) is 14.3. The summed E-state index contributed by atoms with van der Waals surface area (Å²) in [6, 6.07) is 9.26. The predicted molar refractivity (Wildman–Crippen MR) is 103 cm³/mol. The zero-order valence-electron chi connectivity index (χ0n) is 16.1. The number of H-pyrrole nitrogens is 1. The van der Waals surface area contributed by atoms with Gasteiger partial charge in [0.15, 0.2) is 5.69 Å². The Labute approximate surface area is 169 Å². The van der Waals surface area contributed by atoms with Gasteiger partial charge in [0.1, 0.15) is 19.3 Å². The summed E-state index contributed by atoms with van der Waals surface area (Å²) < 4.78 is 39.3. The number of nitrogens with one attached hydrogen (secondary N) is 1. The van der Waals surface area contributed by atoms with Crippen LogP contribution in [0.25, 0.3) is 10.8 Å². The third-order valence-electron chi connectivity index (χ3n) is 5.19. The van der Waals surface area contributed by atoms with E-state index in [1.165, 1.54) is 13.1 Å². The molecule has 1 aromatic carbocycles. The van der Waals surface area contributed by atoms with Gasteiger partial charge in [-0.2, -0.15) is 18.3 Å². The SMILES string of the molecule is Cn1nc(C(=O)N2CCN(c3ccc(C(F)(F)F)c[nH+]3)CC2)c2ccccc2c1=O. The quantitative estimate of drug-likeness (QED) is 0.636. The Morgan fingerprint density at radius 3 is 2.30 bits per heavy atom. The monoisotopic (exact) mass is 418 g/mol. The molecular weight excluding hydrogens is 399 g/mol. The van der Waals surface area contributed by atoms with E-state index in [1.54, 1.807) is 29.2 Å². The standard InChI is InChI=1S/C20H18F3N5O2/c1-26-18(29)15-5-3-2-4-14(15)17(25-26)19(30)28-10-8-27(9-11-28)16-7-6-13(12-24-16)20(21,22)23/h2-7,12H,8-11H2,1H3/p+1. The van der Waals surface area contributed by atoms with Gasteiger partial charge in [0.25, 0.3) is 17.3 Å². The summed E-state index contributed by atoms with van der Waals surface area (Å²) in [5.74, 6) is 0.277. The molecule has 10 heteroatoms. The number of hydrogen-bond acceptors (Lipinski definition) is 4. The van der Waals surface area contributed by atoms with Gasteiger partial charge in [-0.05, 0) is 12.1 Å². The first-order valence-electron chi connectivity index (χ1n) is 9.35. The smallest absolute Gasteiger partial charge is 0.329 e. The Kier molecular flexibility index (Phi) is 4.92. The van der Waals surface area contributed by atoms with Gasteiger partial charge in [-0.1, -0.05) is 18.2 Å². The van der Waals surface area contributed by atoms with Gasteiger partial charge < -0.3 is 4.90 Å². The molecule has 1 fully saturated rings. The van der Waals surface area contributed by atoms with E-state index in [4.69, 9.17) is 0 Å². The van der Waals surface area contributed by atoms with Crippen molar-refractivity contribution >= 4 is 22.5 Å². The highest BCUT2D eigenvalue weighted by Gasteiger charge is 2.33. The van der Waals surface area contributed by atoms with E-state index in [1.807, 2.05) is 4.90 Å². The van der Waals surface area contributed by atoms with Crippen molar-refractivity contribution in [2.45, 2.75) is 6.18 Å². The first kappa shape index (κ1) is 19.9. The summed E-state index contributed by atoms with van der Waals surface area (Å²) in [6.45, 7) is 1.67. The molecule has 0 saturated carbocycles. The number of rotatable bonds is 2. The highest BCUT2D eigenvalue weighted by Crippen LogP contribution is 2.28. The first-order valence-corrected chi connectivity index (χ1v) is 9.35. The molecule has 156 valence electrons. The Balaban J connectivity index is 1.51. The van der Waals surface area contributed by atoms with E-state index in [-0.39, 0.29) is 17.2 Å². The van der Waals surface area contributed by atoms with E-state index < -0.39 is 11.7 Å². The number of aromatic amines is 1. The minimum atomic E-state index is -4.40. The maximum Gasteiger partial charge on any atom is 0.419 e. The molecule has 0 bridgehead atoms. The molecule has 3 aromatic rings. The molecular formula is C20H19F3N5O2+. The fourth-order valence-electron chi connectivity index (χ4n) is 3.55. The van der Waals surface area contributed by atoms with Crippen molar-refractivity contribution in [1.82, 2.24) is 14.7 Å². The number of hydrogen-bond donors (Lipinski definition) is 0. The van der Waals surface area contributed by atoms with Gasteiger partial charge >= 0.3 is 6.18 Å². The van der Waals surface area contributed by atoms with Crippen LogP contribution in [-0.2, 0) is 13.2 Å². The normalized spacial score (nSPS) is 14.9. The minimum Gasteiger partial charge on any atom is -0.329 e. The molecule has 0 spiro atoms. The van der Waals surface area contributed by atoms with Gasteiger partial charge in [-0.3, -0.25) is 14.5 Å². The number of amides is 1. The molecule has 1 aliphatic heterocycles. The Bertz CT molecular complexity index is 1150. The van der Waals surface area contributed by atoms with Crippen molar-refractivity contribution in [2.75, 3.05) is 31.1 Å². The number of nitrogens with zero attached hydrogens (tertiary/aromatic N) is 4. The fourth-order valence-corrected chi connectivity index (χ4v) is 3.55. The third-order valence-corrected chi connectivity index (χ3v) is 5.19. The highest BCUT2D eigenvalue weighted by atomic mass is 19.4. The van der Waals surface area contributed by atoms with Crippen molar-refractivity contribution in [3.8, 4) is 0 Å². The lowest BCUT2D eigenvalue weighted by molar-refractivity contribution is -0.367. The zero-order valence-corrected chi connectivity index (χ0v) is 16.1. The molecule has 1 saturated heterocycles. The van der Waals surface area contributed by atoms with E-state index >= 15 is 0 Å². The number of piperazine rings is 1. The van der Waals surface area contributed by atoms with Gasteiger partial charge in [0, 0.05) is 18.5 Å².